The smallest absolute Gasteiger partial charge is 0.0915 e. The van der Waals surface area contributed by atoms with Crippen molar-refractivity contribution in [1.82, 2.24) is 5.32 Å². The Morgan fingerprint density at radius 1 is 1.47 bits per heavy atom. The molecule has 0 aliphatic carbocycles. The maximum Gasteiger partial charge on any atom is 0.0915 e. The largest absolute Gasteiger partial charge is 0.382 e. The average Bonchev–Trinajstić information content (AvgIpc) is 2.26. The molecule has 0 aromatic carbocycles. The molecule has 0 rings (SSSR count). The first-order chi connectivity index (χ1) is 7.35. The summed E-state index contributed by atoms with van der Waals surface area (Å²) in [6, 6.07) is 0. The molecule has 0 bridgehead atoms. The summed E-state index contributed by atoms with van der Waals surface area (Å²) in [6.45, 7) is 5.06. The molecular formula is C10H22N4O. The van der Waals surface area contributed by atoms with Crippen molar-refractivity contribution in [2.75, 3.05) is 33.4 Å². The second-order valence-corrected chi connectivity index (χ2v) is 3.09. The Labute approximate surface area is 91.8 Å². The lowest BCUT2D eigenvalue weighted by molar-refractivity contribution is 0.144. The minimum absolute atomic E-state index is 0.652. The van der Waals surface area contributed by atoms with Gasteiger partial charge in [0.05, 0.1) is 5.71 Å². The van der Waals surface area contributed by atoms with Gasteiger partial charge in [0.15, 0.2) is 0 Å². The minimum Gasteiger partial charge on any atom is -0.382 e. The third-order valence-corrected chi connectivity index (χ3v) is 1.79. The molecule has 0 heterocycles. The van der Waals surface area contributed by atoms with Crippen LogP contribution in [0.5, 0.6) is 0 Å². The van der Waals surface area contributed by atoms with Gasteiger partial charge in [0.1, 0.15) is 0 Å². The van der Waals surface area contributed by atoms with Crippen LogP contribution in [0.3, 0.4) is 0 Å². The fourth-order valence-corrected chi connectivity index (χ4v) is 1.03. The van der Waals surface area contributed by atoms with Gasteiger partial charge < -0.3 is 15.9 Å². The summed E-state index contributed by atoms with van der Waals surface area (Å²) in [7, 11) is 1.85. The van der Waals surface area contributed by atoms with E-state index in [1.165, 1.54) is 0 Å². The predicted molar refractivity (Wildman–Crippen MR) is 64.6 cm³/mol. The van der Waals surface area contributed by atoms with E-state index in [9.17, 15) is 0 Å². The fourth-order valence-electron chi connectivity index (χ4n) is 1.03. The van der Waals surface area contributed by atoms with Crippen LogP contribution in [-0.2, 0) is 4.74 Å². The summed E-state index contributed by atoms with van der Waals surface area (Å²) in [5.74, 6) is 5.18. The zero-order valence-electron chi connectivity index (χ0n) is 9.70. The molecule has 5 nitrogen and oxygen atoms in total. The Balaban J connectivity index is 3.44. The Morgan fingerprint density at radius 2 is 2.27 bits per heavy atom. The molecule has 0 spiro atoms. The standard InChI is InChI=1S/C10H22N4O/c1-3-15-7-5-4-6-13-9-10(14-11)8-12-2/h9,12H,3-8,11H2,1-2H3/b13-9?,14-10-. The van der Waals surface area contributed by atoms with Crippen molar-refractivity contribution in [3.63, 3.8) is 0 Å². The van der Waals surface area contributed by atoms with Crippen molar-refractivity contribution in [3.8, 4) is 0 Å². The number of nitrogens with two attached hydrogens (primary N) is 1. The van der Waals surface area contributed by atoms with Crippen molar-refractivity contribution >= 4 is 11.9 Å². The molecule has 0 aliphatic heterocycles. The number of hydrogen-bond donors (Lipinski definition) is 2. The Morgan fingerprint density at radius 3 is 2.87 bits per heavy atom. The van der Waals surface area contributed by atoms with Crippen molar-refractivity contribution in [3.05, 3.63) is 0 Å². The highest BCUT2D eigenvalue weighted by Crippen LogP contribution is 1.90. The van der Waals surface area contributed by atoms with Crippen LogP contribution < -0.4 is 11.2 Å². The highest BCUT2D eigenvalue weighted by Gasteiger charge is 1.91. The van der Waals surface area contributed by atoms with E-state index in [0.717, 1.165) is 38.3 Å². The molecule has 5 heteroatoms. The number of nitrogens with zero attached hydrogens (tertiary/aromatic N) is 2. The molecule has 0 aliphatic rings. The van der Waals surface area contributed by atoms with Crippen LogP contribution in [0.1, 0.15) is 19.8 Å². The fraction of sp³-hybridized carbons (Fsp3) is 0.800. The second kappa shape index (κ2) is 11.1. The SMILES string of the molecule is CCOCCCCN=C/C(CNC)=N\N. The van der Waals surface area contributed by atoms with Gasteiger partial charge in [0.2, 0.25) is 0 Å². The Hall–Kier alpha value is -0.940. The van der Waals surface area contributed by atoms with Crippen molar-refractivity contribution in [2.45, 2.75) is 19.8 Å². The monoisotopic (exact) mass is 214 g/mol. The molecule has 3 N–H and O–H groups in total. The second-order valence-electron chi connectivity index (χ2n) is 3.09. The first kappa shape index (κ1) is 14.1. The zero-order valence-corrected chi connectivity index (χ0v) is 9.70. The quantitative estimate of drug-likeness (QED) is 0.253. The molecule has 0 amide bonds. The molecule has 15 heavy (non-hydrogen) atoms. The number of hydrazone groups is 1. The number of hydrogen-bond acceptors (Lipinski definition) is 5. The normalized spacial score (nSPS) is 12.5. The molecule has 0 atom stereocenters. The predicted octanol–water partition coefficient (Wildman–Crippen LogP) is 0.408. The van der Waals surface area contributed by atoms with E-state index < -0.39 is 0 Å². The van der Waals surface area contributed by atoms with E-state index in [2.05, 4.69) is 15.4 Å². The number of rotatable bonds is 9. The van der Waals surface area contributed by atoms with Crippen molar-refractivity contribution < 1.29 is 4.74 Å². The Kier molecular flexibility index (Phi) is 10.4. The molecular weight excluding hydrogens is 192 g/mol. The number of nitrogens with one attached hydrogen (secondary N) is 1. The van der Waals surface area contributed by atoms with Crippen LogP contribution >= 0.6 is 0 Å². The average molecular weight is 214 g/mol. The number of unbranched alkanes of at least 4 members (excludes halogenated alkanes) is 1. The molecule has 0 aromatic rings. The topological polar surface area (TPSA) is 72.0 Å². The van der Waals surface area contributed by atoms with Crippen LogP contribution in [0.4, 0.5) is 0 Å². The van der Waals surface area contributed by atoms with Gasteiger partial charge in [-0.2, -0.15) is 5.10 Å². The van der Waals surface area contributed by atoms with Crippen LogP contribution in [0.2, 0.25) is 0 Å². The van der Waals surface area contributed by atoms with Gasteiger partial charge in [-0.05, 0) is 26.8 Å². The van der Waals surface area contributed by atoms with Crippen LogP contribution in [0.25, 0.3) is 0 Å². The lowest BCUT2D eigenvalue weighted by Crippen LogP contribution is -2.21. The highest BCUT2D eigenvalue weighted by molar-refractivity contribution is 6.31. The zero-order chi connectivity index (χ0) is 11.4. The molecule has 0 aromatic heterocycles. The summed E-state index contributed by atoms with van der Waals surface area (Å²) < 4.78 is 5.22. The first-order valence-corrected chi connectivity index (χ1v) is 5.34. The molecule has 88 valence electrons. The summed E-state index contributed by atoms with van der Waals surface area (Å²) in [5.41, 5.74) is 0.766. The number of aliphatic imine (C=N–C) groups is 1. The number of ether oxygens (including phenoxy) is 1. The molecule has 0 unspecified atom stereocenters. The highest BCUT2D eigenvalue weighted by atomic mass is 16.5. The van der Waals surface area contributed by atoms with Gasteiger partial charge >= 0.3 is 0 Å². The third kappa shape index (κ3) is 9.37. The molecule has 0 saturated heterocycles. The summed E-state index contributed by atoms with van der Waals surface area (Å²) in [5, 5.41) is 6.57. The lowest BCUT2D eigenvalue weighted by atomic mass is 10.3. The molecule has 0 fully saturated rings. The Bertz CT molecular complexity index is 192. The van der Waals surface area contributed by atoms with E-state index >= 15 is 0 Å². The van der Waals surface area contributed by atoms with Gasteiger partial charge in [-0.1, -0.05) is 0 Å². The van der Waals surface area contributed by atoms with Crippen LogP contribution in [0.15, 0.2) is 10.1 Å². The van der Waals surface area contributed by atoms with Gasteiger partial charge in [-0.15, -0.1) is 0 Å². The van der Waals surface area contributed by atoms with Gasteiger partial charge in [-0.25, -0.2) is 0 Å². The van der Waals surface area contributed by atoms with E-state index in [-0.39, 0.29) is 0 Å². The summed E-state index contributed by atoms with van der Waals surface area (Å²) in [4.78, 5) is 4.23. The van der Waals surface area contributed by atoms with E-state index in [0.29, 0.717) is 6.54 Å². The van der Waals surface area contributed by atoms with E-state index in [1.807, 2.05) is 14.0 Å². The molecule has 0 radical (unpaired) electrons. The molecule has 0 saturated carbocycles. The minimum atomic E-state index is 0.652. The summed E-state index contributed by atoms with van der Waals surface area (Å²) in [6.07, 6.45) is 3.80. The van der Waals surface area contributed by atoms with Gasteiger partial charge in [0.25, 0.3) is 0 Å². The van der Waals surface area contributed by atoms with Crippen molar-refractivity contribution in [1.29, 1.82) is 0 Å². The summed E-state index contributed by atoms with van der Waals surface area (Å²) >= 11 is 0. The van der Waals surface area contributed by atoms with Gasteiger partial charge in [0, 0.05) is 32.5 Å². The maximum atomic E-state index is 5.22. The third-order valence-electron chi connectivity index (χ3n) is 1.79. The van der Waals surface area contributed by atoms with Gasteiger partial charge in [-0.3, -0.25) is 4.99 Å². The van der Waals surface area contributed by atoms with E-state index in [4.69, 9.17) is 10.6 Å². The van der Waals surface area contributed by atoms with E-state index in [1.54, 1.807) is 6.21 Å². The lowest BCUT2D eigenvalue weighted by Gasteiger charge is -1.99. The van der Waals surface area contributed by atoms with Crippen LogP contribution in [-0.4, -0.2) is 45.3 Å². The van der Waals surface area contributed by atoms with Crippen molar-refractivity contribution in [2.24, 2.45) is 15.9 Å². The van der Waals surface area contributed by atoms with Crippen LogP contribution in [0, 0.1) is 0 Å². The maximum absolute atomic E-state index is 5.22. The first-order valence-electron chi connectivity index (χ1n) is 5.34.